The first-order valence-corrected chi connectivity index (χ1v) is 7.40. The topological polar surface area (TPSA) is 49.3 Å². The van der Waals surface area contributed by atoms with Crippen molar-refractivity contribution in [2.24, 2.45) is 0 Å². The molecule has 0 saturated carbocycles. The van der Waals surface area contributed by atoms with Gasteiger partial charge in [0.1, 0.15) is 11.9 Å². The van der Waals surface area contributed by atoms with E-state index in [1.807, 2.05) is 26.0 Å². The number of benzene rings is 2. The number of aliphatic hydroxyl groups is 1. The minimum Gasteiger partial charge on any atom is -0.384 e. The number of amides is 1. The number of halogens is 1. The third kappa shape index (κ3) is 2.40. The van der Waals surface area contributed by atoms with Crippen molar-refractivity contribution >= 4 is 11.6 Å². The third-order valence-electron chi connectivity index (χ3n) is 4.17. The van der Waals surface area contributed by atoms with Crippen molar-refractivity contribution < 1.29 is 14.3 Å². The molecule has 1 aliphatic rings. The quantitative estimate of drug-likeness (QED) is 0.908. The molecule has 0 radical (unpaired) electrons. The lowest BCUT2D eigenvalue weighted by Crippen LogP contribution is -2.11. The van der Waals surface area contributed by atoms with E-state index in [1.165, 1.54) is 12.1 Å². The lowest BCUT2D eigenvalue weighted by Gasteiger charge is -2.17. The molecule has 2 aromatic carbocycles. The molecule has 0 spiro atoms. The molecule has 2 aromatic rings. The van der Waals surface area contributed by atoms with Crippen LogP contribution in [-0.2, 0) is 4.79 Å². The van der Waals surface area contributed by atoms with Gasteiger partial charge >= 0.3 is 0 Å². The Morgan fingerprint density at radius 2 is 1.95 bits per heavy atom. The van der Waals surface area contributed by atoms with E-state index in [0.717, 1.165) is 11.1 Å². The van der Waals surface area contributed by atoms with Gasteiger partial charge in [-0.3, -0.25) is 4.79 Å². The van der Waals surface area contributed by atoms with Crippen molar-refractivity contribution in [3.05, 3.63) is 64.5 Å². The maximum absolute atomic E-state index is 13.0. The molecule has 2 unspecified atom stereocenters. The number of aryl methyl sites for hydroxylation is 1. The normalized spacial score (nSPS) is 18.0. The van der Waals surface area contributed by atoms with Crippen LogP contribution in [0.5, 0.6) is 0 Å². The second-order valence-corrected chi connectivity index (χ2v) is 5.72. The molecule has 2 atom stereocenters. The van der Waals surface area contributed by atoms with Crippen molar-refractivity contribution in [2.75, 3.05) is 5.32 Å². The monoisotopic (exact) mass is 299 g/mol. The highest BCUT2D eigenvalue weighted by Gasteiger charge is 2.32. The molecule has 1 heterocycles. The number of carbonyl (C=O) groups is 1. The first kappa shape index (κ1) is 14.7. The summed E-state index contributed by atoms with van der Waals surface area (Å²) in [6.07, 6.45) is -0.181. The highest BCUT2D eigenvalue weighted by Crippen LogP contribution is 2.41. The second kappa shape index (κ2) is 5.54. The van der Waals surface area contributed by atoms with Gasteiger partial charge in [0, 0.05) is 5.56 Å². The summed E-state index contributed by atoms with van der Waals surface area (Å²) in [5.74, 6) is -0.547. The molecule has 0 aromatic heterocycles. The predicted octanol–water partition coefficient (Wildman–Crippen LogP) is 3.66. The number of aliphatic hydroxyl groups excluding tert-OH is 1. The van der Waals surface area contributed by atoms with Crippen LogP contribution in [0.25, 0.3) is 0 Å². The Kier molecular flexibility index (Phi) is 3.71. The summed E-state index contributed by atoms with van der Waals surface area (Å²) in [6, 6.07) is 9.61. The van der Waals surface area contributed by atoms with Gasteiger partial charge in [0.2, 0.25) is 5.91 Å². The predicted molar refractivity (Wildman–Crippen MR) is 83.3 cm³/mol. The SMILES string of the molecule is CCC1C(=O)Nc2c1cc(C)cc2C(O)c1ccc(F)cc1. The minimum atomic E-state index is -0.898. The Labute approximate surface area is 128 Å². The number of hydrogen-bond donors (Lipinski definition) is 2. The number of rotatable bonds is 3. The van der Waals surface area contributed by atoms with Gasteiger partial charge in [-0.25, -0.2) is 4.39 Å². The molecule has 0 fully saturated rings. The van der Waals surface area contributed by atoms with Crippen LogP contribution < -0.4 is 5.32 Å². The van der Waals surface area contributed by atoms with Gasteiger partial charge in [-0.2, -0.15) is 0 Å². The van der Waals surface area contributed by atoms with Crippen molar-refractivity contribution in [3.63, 3.8) is 0 Å². The minimum absolute atomic E-state index is 0.0318. The zero-order valence-corrected chi connectivity index (χ0v) is 12.6. The summed E-state index contributed by atoms with van der Waals surface area (Å²) in [5.41, 5.74) is 3.88. The van der Waals surface area contributed by atoms with Crippen LogP contribution in [0.15, 0.2) is 36.4 Å². The van der Waals surface area contributed by atoms with Crippen LogP contribution in [0.1, 0.15) is 47.6 Å². The van der Waals surface area contributed by atoms with Gasteiger partial charge in [-0.15, -0.1) is 0 Å². The summed E-state index contributed by atoms with van der Waals surface area (Å²) in [4.78, 5) is 12.1. The summed E-state index contributed by atoms with van der Waals surface area (Å²) in [6.45, 7) is 3.91. The third-order valence-corrected chi connectivity index (χ3v) is 4.17. The molecule has 0 aliphatic carbocycles. The van der Waals surface area contributed by atoms with E-state index < -0.39 is 6.10 Å². The van der Waals surface area contributed by atoms with Crippen LogP contribution in [0, 0.1) is 12.7 Å². The van der Waals surface area contributed by atoms with Crippen LogP contribution in [0.3, 0.4) is 0 Å². The van der Waals surface area contributed by atoms with Crippen LogP contribution in [0.2, 0.25) is 0 Å². The molecular formula is C18H18FNO2. The first-order chi connectivity index (χ1) is 10.5. The van der Waals surface area contributed by atoms with Crippen molar-refractivity contribution in [2.45, 2.75) is 32.3 Å². The lowest BCUT2D eigenvalue weighted by molar-refractivity contribution is -0.117. The van der Waals surface area contributed by atoms with Gasteiger partial charge in [0.25, 0.3) is 0 Å². The van der Waals surface area contributed by atoms with E-state index in [9.17, 15) is 14.3 Å². The first-order valence-electron chi connectivity index (χ1n) is 7.40. The van der Waals surface area contributed by atoms with E-state index in [-0.39, 0.29) is 17.6 Å². The molecule has 0 saturated heterocycles. The van der Waals surface area contributed by atoms with Gasteiger partial charge < -0.3 is 10.4 Å². The molecule has 1 amide bonds. The fraction of sp³-hybridized carbons (Fsp3) is 0.278. The highest BCUT2D eigenvalue weighted by molar-refractivity contribution is 6.04. The number of fused-ring (bicyclic) bond motifs is 1. The smallest absolute Gasteiger partial charge is 0.232 e. The molecule has 1 aliphatic heterocycles. The fourth-order valence-electron chi connectivity index (χ4n) is 3.06. The van der Waals surface area contributed by atoms with E-state index in [2.05, 4.69) is 5.32 Å². The molecule has 22 heavy (non-hydrogen) atoms. The molecule has 4 heteroatoms. The molecular weight excluding hydrogens is 281 g/mol. The zero-order valence-electron chi connectivity index (χ0n) is 12.6. The largest absolute Gasteiger partial charge is 0.384 e. The Morgan fingerprint density at radius 3 is 2.59 bits per heavy atom. The summed E-state index contributed by atoms with van der Waals surface area (Å²) in [5, 5.41) is 13.5. The Morgan fingerprint density at radius 1 is 1.27 bits per heavy atom. The maximum atomic E-state index is 13.0. The van der Waals surface area contributed by atoms with E-state index in [0.29, 0.717) is 23.2 Å². The Bertz CT molecular complexity index is 725. The molecule has 2 N–H and O–H groups in total. The van der Waals surface area contributed by atoms with Crippen LogP contribution in [-0.4, -0.2) is 11.0 Å². The van der Waals surface area contributed by atoms with Crippen LogP contribution in [0.4, 0.5) is 10.1 Å². The van der Waals surface area contributed by atoms with Crippen molar-refractivity contribution in [3.8, 4) is 0 Å². The second-order valence-electron chi connectivity index (χ2n) is 5.72. The fourth-order valence-corrected chi connectivity index (χ4v) is 3.06. The van der Waals surface area contributed by atoms with E-state index in [4.69, 9.17) is 0 Å². The number of anilines is 1. The standard InChI is InChI=1S/C18H18FNO2/c1-3-13-14-8-10(2)9-15(16(14)20-18(13)22)17(21)11-4-6-12(19)7-5-11/h4-9,13,17,21H,3H2,1-2H3,(H,20,22). The summed E-state index contributed by atoms with van der Waals surface area (Å²) >= 11 is 0. The van der Waals surface area contributed by atoms with Gasteiger partial charge in [-0.05, 0) is 36.6 Å². The van der Waals surface area contributed by atoms with Crippen molar-refractivity contribution in [1.82, 2.24) is 0 Å². The van der Waals surface area contributed by atoms with Gasteiger partial charge in [0.15, 0.2) is 0 Å². The van der Waals surface area contributed by atoms with E-state index >= 15 is 0 Å². The number of hydrogen-bond acceptors (Lipinski definition) is 2. The summed E-state index contributed by atoms with van der Waals surface area (Å²) < 4.78 is 13.0. The average Bonchev–Trinajstić information content (AvgIpc) is 2.81. The average molecular weight is 299 g/mol. The van der Waals surface area contributed by atoms with Crippen molar-refractivity contribution in [1.29, 1.82) is 0 Å². The number of carbonyl (C=O) groups excluding carboxylic acids is 1. The Balaban J connectivity index is 2.08. The van der Waals surface area contributed by atoms with Gasteiger partial charge in [0.05, 0.1) is 11.6 Å². The lowest BCUT2D eigenvalue weighted by atomic mass is 9.91. The maximum Gasteiger partial charge on any atom is 0.232 e. The van der Waals surface area contributed by atoms with E-state index in [1.54, 1.807) is 12.1 Å². The zero-order chi connectivity index (χ0) is 15.9. The Hall–Kier alpha value is -2.20. The molecule has 114 valence electrons. The number of nitrogens with one attached hydrogen (secondary N) is 1. The molecule has 0 bridgehead atoms. The summed E-state index contributed by atoms with van der Waals surface area (Å²) in [7, 11) is 0. The molecule has 3 nitrogen and oxygen atoms in total. The van der Waals surface area contributed by atoms with Gasteiger partial charge in [-0.1, -0.05) is 36.8 Å². The molecule has 3 rings (SSSR count). The van der Waals surface area contributed by atoms with Crippen LogP contribution >= 0.6 is 0 Å². The highest BCUT2D eigenvalue weighted by atomic mass is 19.1.